The summed E-state index contributed by atoms with van der Waals surface area (Å²) in [6.45, 7) is 22.0. The van der Waals surface area contributed by atoms with Gasteiger partial charge in [0.15, 0.2) is 0 Å². The molecule has 2 unspecified atom stereocenters. The van der Waals surface area contributed by atoms with Crippen molar-refractivity contribution >= 4 is 0 Å². The van der Waals surface area contributed by atoms with E-state index in [9.17, 15) is 0 Å². The standard InChI is InChI=1S/2C7H16.C5H12.C2H6/c2*1-4-6-7(3)5-2;1-3-5-4-2;1-2/h2*7H,4-6H2,1-3H3;3-5H2,1-2H3;1-2H3. The second-order valence-electron chi connectivity index (χ2n) is 5.96. The lowest BCUT2D eigenvalue weighted by atomic mass is 10.0. The molecule has 0 heterocycles. The van der Waals surface area contributed by atoms with Crippen LogP contribution < -0.4 is 0 Å². The van der Waals surface area contributed by atoms with Crippen molar-refractivity contribution < 1.29 is 0 Å². The summed E-state index contributed by atoms with van der Waals surface area (Å²) < 4.78 is 0. The fraction of sp³-hybridized carbons (Fsp3) is 1.00. The van der Waals surface area contributed by atoms with Crippen LogP contribution in [0.4, 0.5) is 0 Å². The van der Waals surface area contributed by atoms with Crippen LogP contribution in [0.3, 0.4) is 0 Å². The van der Waals surface area contributed by atoms with Gasteiger partial charge in [0, 0.05) is 0 Å². The van der Waals surface area contributed by atoms with Gasteiger partial charge in [0.1, 0.15) is 0 Å². The molecular formula is C21H50. The summed E-state index contributed by atoms with van der Waals surface area (Å²) in [6.07, 6.45) is 12.2. The molecule has 2 atom stereocenters. The van der Waals surface area contributed by atoms with Crippen molar-refractivity contribution in [3.8, 4) is 0 Å². The second kappa shape index (κ2) is 32.1. The van der Waals surface area contributed by atoms with Crippen LogP contribution in [0.1, 0.15) is 127 Å². The van der Waals surface area contributed by atoms with Crippen molar-refractivity contribution in [1.82, 2.24) is 0 Å². The van der Waals surface area contributed by atoms with Crippen molar-refractivity contribution in [3.05, 3.63) is 0 Å². The maximum Gasteiger partial charge on any atom is -0.0446 e. The van der Waals surface area contributed by atoms with Crippen LogP contribution in [0, 0.1) is 11.8 Å². The summed E-state index contributed by atoms with van der Waals surface area (Å²) in [5, 5.41) is 0. The number of hydrogen-bond donors (Lipinski definition) is 0. The molecule has 134 valence electrons. The zero-order chi connectivity index (χ0) is 17.5. The van der Waals surface area contributed by atoms with E-state index < -0.39 is 0 Å². The maximum absolute atomic E-state index is 2.31. The molecule has 0 aromatic rings. The minimum atomic E-state index is 0.949. The third-order valence-corrected chi connectivity index (χ3v) is 3.66. The molecule has 21 heavy (non-hydrogen) atoms. The molecule has 0 aliphatic heterocycles. The Morgan fingerprint density at radius 3 is 0.857 bits per heavy atom. The Morgan fingerprint density at radius 2 is 0.810 bits per heavy atom. The van der Waals surface area contributed by atoms with Gasteiger partial charge < -0.3 is 0 Å². The lowest BCUT2D eigenvalue weighted by molar-refractivity contribution is 0.509. The molecule has 0 fully saturated rings. The van der Waals surface area contributed by atoms with Gasteiger partial charge in [0.25, 0.3) is 0 Å². The van der Waals surface area contributed by atoms with Gasteiger partial charge in [-0.3, -0.25) is 0 Å². The summed E-state index contributed by atoms with van der Waals surface area (Å²) >= 11 is 0. The van der Waals surface area contributed by atoms with Crippen LogP contribution in [-0.2, 0) is 0 Å². The highest BCUT2D eigenvalue weighted by Crippen LogP contribution is 2.07. The van der Waals surface area contributed by atoms with E-state index in [1.807, 2.05) is 13.8 Å². The lowest BCUT2D eigenvalue weighted by Gasteiger charge is -2.02. The molecular weight excluding hydrogens is 252 g/mol. The molecule has 0 spiro atoms. The lowest BCUT2D eigenvalue weighted by Crippen LogP contribution is -1.88. The predicted octanol–water partition coefficient (Wildman–Crippen LogP) is 8.89. The smallest absolute Gasteiger partial charge is 0.0446 e. The minimum absolute atomic E-state index is 0.949. The van der Waals surface area contributed by atoms with Crippen molar-refractivity contribution in [3.63, 3.8) is 0 Å². The second-order valence-corrected chi connectivity index (χ2v) is 5.96. The Morgan fingerprint density at radius 1 is 0.524 bits per heavy atom. The highest BCUT2D eigenvalue weighted by molar-refractivity contribution is 4.46. The van der Waals surface area contributed by atoms with Crippen LogP contribution in [0.15, 0.2) is 0 Å². The van der Waals surface area contributed by atoms with Crippen molar-refractivity contribution in [1.29, 1.82) is 0 Å². The molecule has 0 saturated heterocycles. The zero-order valence-electron chi connectivity index (χ0n) is 17.5. The van der Waals surface area contributed by atoms with Gasteiger partial charge >= 0.3 is 0 Å². The van der Waals surface area contributed by atoms with E-state index in [0.29, 0.717) is 0 Å². The molecule has 0 bridgehead atoms. The van der Waals surface area contributed by atoms with E-state index >= 15 is 0 Å². The summed E-state index contributed by atoms with van der Waals surface area (Å²) in [7, 11) is 0. The average molecular weight is 303 g/mol. The monoisotopic (exact) mass is 302 g/mol. The molecule has 0 aliphatic carbocycles. The Hall–Kier alpha value is 0. The highest BCUT2D eigenvalue weighted by Gasteiger charge is 1.93. The molecule has 0 aromatic heterocycles. The summed E-state index contributed by atoms with van der Waals surface area (Å²) in [5.74, 6) is 1.90. The number of hydrogen-bond acceptors (Lipinski definition) is 0. The molecule has 0 radical (unpaired) electrons. The van der Waals surface area contributed by atoms with Gasteiger partial charge in [-0.25, -0.2) is 0 Å². The van der Waals surface area contributed by atoms with E-state index in [0.717, 1.165) is 11.8 Å². The van der Waals surface area contributed by atoms with Gasteiger partial charge in [-0.1, -0.05) is 127 Å². The van der Waals surface area contributed by atoms with E-state index in [1.165, 1.54) is 57.8 Å². The Balaban J connectivity index is -0.0000000986. The highest BCUT2D eigenvalue weighted by atomic mass is 14.0. The first-order chi connectivity index (χ1) is 10.0. The Kier molecular flexibility index (Phi) is 44.4. The van der Waals surface area contributed by atoms with Crippen molar-refractivity contribution in [2.24, 2.45) is 11.8 Å². The van der Waals surface area contributed by atoms with Crippen LogP contribution in [0.5, 0.6) is 0 Å². The first kappa shape index (κ1) is 29.1. The Bertz CT molecular complexity index is 103. The molecule has 0 aromatic carbocycles. The minimum Gasteiger partial charge on any atom is -0.0683 e. The molecule has 0 saturated carbocycles. The molecule has 0 N–H and O–H groups in total. The molecule has 0 rings (SSSR count). The van der Waals surface area contributed by atoms with E-state index in [2.05, 4.69) is 55.4 Å². The Labute approximate surface area is 139 Å². The molecule has 0 aliphatic rings. The molecule has 0 amide bonds. The summed E-state index contributed by atoms with van der Waals surface area (Å²) in [5.41, 5.74) is 0. The van der Waals surface area contributed by atoms with Gasteiger partial charge in [0.05, 0.1) is 0 Å². The largest absolute Gasteiger partial charge is 0.0683 e. The number of rotatable bonds is 8. The number of unbranched alkanes of at least 4 members (excludes halogenated alkanes) is 2. The van der Waals surface area contributed by atoms with Gasteiger partial charge in [-0.2, -0.15) is 0 Å². The van der Waals surface area contributed by atoms with Crippen LogP contribution in [0.2, 0.25) is 0 Å². The normalized spacial score (nSPS) is 11.7. The van der Waals surface area contributed by atoms with Gasteiger partial charge in [0.2, 0.25) is 0 Å². The first-order valence-corrected chi connectivity index (χ1v) is 10.0. The van der Waals surface area contributed by atoms with E-state index in [4.69, 9.17) is 0 Å². The fourth-order valence-corrected chi connectivity index (χ4v) is 1.75. The summed E-state index contributed by atoms with van der Waals surface area (Å²) in [6, 6.07) is 0. The van der Waals surface area contributed by atoms with Gasteiger partial charge in [-0.05, 0) is 11.8 Å². The zero-order valence-corrected chi connectivity index (χ0v) is 17.5. The quantitative estimate of drug-likeness (QED) is 0.420. The predicted molar refractivity (Wildman–Crippen MR) is 105 cm³/mol. The third kappa shape index (κ3) is 45.0. The van der Waals surface area contributed by atoms with Gasteiger partial charge in [-0.15, -0.1) is 0 Å². The first-order valence-electron chi connectivity index (χ1n) is 10.0. The van der Waals surface area contributed by atoms with Crippen LogP contribution in [0.25, 0.3) is 0 Å². The summed E-state index contributed by atoms with van der Waals surface area (Å²) in [4.78, 5) is 0. The fourth-order valence-electron chi connectivity index (χ4n) is 1.75. The SMILES string of the molecule is CC.CCCC(C)CC.CCCC(C)CC.CCCCC. The third-order valence-electron chi connectivity index (χ3n) is 3.66. The van der Waals surface area contributed by atoms with Crippen LogP contribution >= 0.6 is 0 Å². The average Bonchev–Trinajstić information content (AvgIpc) is 2.51. The molecule has 0 nitrogen and oxygen atoms in total. The maximum atomic E-state index is 2.31. The topological polar surface area (TPSA) is 0 Å². The van der Waals surface area contributed by atoms with Crippen molar-refractivity contribution in [2.45, 2.75) is 127 Å². The van der Waals surface area contributed by atoms with Crippen LogP contribution in [-0.4, -0.2) is 0 Å². The van der Waals surface area contributed by atoms with E-state index in [1.54, 1.807) is 0 Å². The van der Waals surface area contributed by atoms with Crippen molar-refractivity contribution in [2.75, 3.05) is 0 Å². The molecule has 0 heteroatoms. The van der Waals surface area contributed by atoms with E-state index in [-0.39, 0.29) is 0 Å².